The number of nitrogens with zero attached hydrogens (tertiary/aromatic N) is 2. The van der Waals surface area contributed by atoms with Crippen LogP contribution in [0.2, 0.25) is 0 Å². The summed E-state index contributed by atoms with van der Waals surface area (Å²) in [6, 6.07) is 0. The highest BCUT2D eigenvalue weighted by atomic mass is 16.5. The van der Waals surface area contributed by atoms with Gasteiger partial charge in [-0.2, -0.15) is 4.98 Å². The molecular weight excluding hydrogens is 194 g/mol. The van der Waals surface area contributed by atoms with E-state index < -0.39 is 0 Å². The molecule has 1 aromatic heterocycles. The summed E-state index contributed by atoms with van der Waals surface area (Å²) >= 11 is 0. The fraction of sp³-hybridized carbons (Fsp3) is 0.800. The predicted octanol–water partition coefficient (Wildman–Crippen LogP) is 0.725. The van der Waals surface area contributed by atoms with Crippen LogP contribution < -0.4 is 5.32 Å². The van der Waals surface area contributed by atoms with Crippen molar-refractivity contribution < 1.29 is 9.26 Å². The normalized spacial score (nSPS) is 21.0. The quantitative estimate of drug-likeness (QED) is 0.727. The molecule has 5 heteroatoms. The van der Waals surface area contributed by atoms with E-state index in [1.165, 1.54) is 0 Å². The Bertz CT molecular complexity index is 295. The molecule has 1 fully saturated rings. The first-order valence-electron chi connectivity index (χ1n) is 5.45. The van der Waals surface area contributed by atoms with Crippen molar-refractivity contribution in [2.24, 2.45) is 0 Å². The minimum absolute atomic E-state index is 0.340. The third-order valence-corrected chi connectivity index (χ3v) is 2.60. The van der Waals surface area contributed by atoms with E-state index in [-0.39, 0.29) is 0 Å². The van der Waals surface area contributed by atoms with Crippen LogP contribution in [0.4, 0.5) is 0 Å². The first-order valence-corrected chi connectivity index (χ1v) is 5.45. The third kappa shape index (κ3) is 2.76. The summed E-state index contributed by atoms with van der Waals surface area (Å²) in [4.78, 5) is 4.38. The molecule has 1 aromatic rings. The molecule has 5 nitrogen and oxygen atoms in total. The monoisotopic (exact) mass is 211 g/mol. The highest BCUT2D eigenvalue weighted by molar-refractivity contribution is 4.97. The van der Waals surface area contributed by atoms with Crippen LogP contribution in [0.15, 0.2) is 4.52 Å². The maximum Gasteiger partial charge on any atom is 0.226 e. The highest BCUT2D eigenvalue weighted by Gasteiger charge is 2.22. The molecule has 1 aliphatic rings. The zero-order valence-electron chi connectivity index (χ0n) is 9.03. The van der Waals surface area contributed by atoms with Crippen LogP contribution in [-0.2, 0) is 11.2 Å². The van der Waals surface area contributed by atoms with Gasteiger partial charge in [0.25, 0.3) is 0 Å². The largest absolute Gasteiger partial charge is 0.381 e. The van der Waals surface area contributed by atoms with Gasteiger partial charge in [0.1, 0.15) is 0 Å². The maximum absolute atomic E-state index is 5.29. The molecule has 1 saturated heterocycles. The number of hydrogen-bond donors (Lipinski definition) is 1. The Balaban J connectivity index is 1.86. The topological polar surface area (TPSA) is 60.2 Å². The van der Waals surface area contributed by atoms with E-state index in [4.69, 9.17) is 9.26 Å². The van der Waals surface area contributed by atoms with E-state index in [1.54, 1.807) is 0 Å². The Morgan fingerprint density at radius 1 is 1.53 bits per heavy atom. The maximum atomic E-state index is 5.29. The van der Waals surface area contributed by atoms with E-state index >= 15 is 0 Å². The van der Waals surface area contributed by atoms with Gasteiger partial charge in [-0.15, -0.1) is 0 Å². The minimum Gasteiger partial charge on any atom is -0.381 e. The zero-order valence-corrected chi connectivity index (χ0v) is 9.03. The van der Waals surface area contributed by atoms with E-state index in [9.17, 15) is 0 Å². The molecule has 0 radical (unpaired) electrons. The summed E-state index contributed by atoms with van der Waals surface area (Å²) in [6.45, 7) is 2.52. The average Bonchev–Trinajstić information content (AvgIpc) is 2.87. The molecule has 84 valence electrons. The van der Waals surface area contributed by atoms with Crippen molar-refractivity contribution in [1.82, 2.24) is 15.5 Å². The lowest BCUT2D eigenvalue weighted by atomic mass is 10.1. The molecule has 1 N–H and O–H groups in total. The number of aryl methyl sites for hydroxylation is 1. The fourth-order valence-electron chi connectivity index (χ4n) is 1.69. The summed E-state index contributed by atoms with van der Waals surface area (Å²) in [6.07, 6.45) is 2.89. The number of rotatable bonds is 5. The van der Waals surface area contributed by atoms with Gasteiger partial charge >= 0.3 is 0 Å². The summed E-state index contributed by atoms with van der Waals surface area (Å²) in [5.74, 6) is 1.89. The van der Waals surface area contributed by atoms with Crippen LogP contribution in [0, 0.1) is 0 Å². The number of nitrogens with one attached hydrogen (secondary N) is 1. The van der Waals surface area contributed by atoms with Crippen molar-refractivity contribution in [2.45, 2.75) is 25.2 Å². The lowest BCUT2D eigenvalue weighted by molar-refractivity contribution is 0.192. The van der Waals surface area contributed by atoms with Crippen LogP contribution in [-0.4, -0.2) is 36.9 Å². The Kier molecular flexibility index (Phi) is 3.69. The van der Waals surface area contributed by atoms with Gasteiger partial charge in [0.05, 0.1) is 6.61 Å². The van der Waals surface area contributed by atoms with Crippen molar-refractivity contribution in [1.29, 1.82) is 0 Å². The second-order valence-electron chi connectivity index (χ2n) is 3.81. The van der Waals surface area contributed by atoms with Crippen molar-refractivity contribution in [3.8, 4) is 0 Å². The van der Waals surface area contributed by atoms with Gasteiger partial charge in [0.15, 0.2) is 5.82 Å². The van der Waals surface area contributed by atoms with Crippen LogP contribution in [0.1, 0.15) is 30.5 Å². The van der Waals surface area contributed by atoms with Gasteiger partial charge in [-0.1, -0.05) is 5.16 Å². The number of ether oxygens (including phenoxy) is 1. The molecule has 0 bridgehead atoms. The van der Waals surface area contributed by atoms with Crippen molar-refractivity contribution in [3.63, 3.8) is 0 Å². The molecule has 0 spiro atoms. The van der Waals surface area contributed by atoms with Crippen LogP contribution >= 0.6 is 0 Å². The van der Waals surface area contributed by atoms with Gasteiger partial charge < -0.3 is 14.6 Å². The van der Waals surface area contributed by atoms with E-state index in [1.807, 2.05) is 7.05 Å². The Labute approximate surface area is 89.2 Å². The van der Waals surface area contributed by atoms with E-state index in [0.29, 0.717) is 5.92 Å². The highest BCUT2D eigenvalue weighted by Crippen LogP contribution is 2.22. The average molecular weight is 211 g/mol. The summed E-state index contributed by atoms with van der Waals surface area (Å²) in [5.41, 5.74) is 0. The molecule has 1 aliphatic heterocycles. The zero-order chi connectivity index (χ0) is 10.5. The Hall–Kier alpha value is -0.940. The van der Waals surface area contributed by atoms with Crippen molar-refractivity contribution >= 4 is 0 Å². The SMILES string of the molecule is CNCCCc1nc(C2CCOC2)no1. The molecule has 0 amide bonds. The summed E-state index contributed by atoms with van der Waals surface area (Å²) < 4.78 is 10.5. The first-order chi connectivity index (χ1) is 7.40. The van der Waals surface area contributed by atoms with Crippen molar-refractivity contribution in [2.75, 3.05) is 26.8 Å². The second-order valence-corrected chi connectivity index (χ2v) is 3.81. The minimum atomic E-state index is 0.340. The molecule has 1 unspecified atom stereocenters. The fourth-order valence-corrected chi connectivity index (χ4v) is 1.69. The van der Waals surface area contributed by atoms with Crippen molar-refractivity contribution in [3.05, 3.63) is 11.7 Å². The predicted molar refractivity (Wildman–Crippen MR) is 54.7 cm³/mol. The lowest BCUT2D eigenvalue weighted by Crippen LogP contribution is -2.08. The van der Waals surface area contributed by atoms with Crippen LogP contribution in [0.5, 0.6) is 0 Å². The van der Waals surface area contributed by atoms with Gasteiger partial charge in [-0.3, -0.25) is 0 Å². The van der Waals surface area contributed by atoms with Gasteiger partial charge in [0.2, 0.25) is 5.89 Å². The smallest absolute Gasteiger partial charge is 0.226 e. The second kappa shape index (κ2) is 5.23. The van der Waals surface area contributed by atoms with E-state index in [0.717, 1.165) is 50.7 Å². The summed E-state index contributed by atoms with van der Waals surface area (Å²) in [7, 11) is 1.94. The van der Waals surface area contributed by atoms with Gasteiger partial charge in [0, 0.05) is 18.9 Å². The molecule has 1 atom stereocenters. The Morgan fingerprint density at radius 2 is 2.47 bits per heavy atom. The molecule has 0 aromatic carbocycles. The van der Waals surface area contributed by atoms with Crippen LogP contribution in [0.3, 0.4) is 0 Å². The lowest BCUT2D eigenvalue weighted by Gasteiger charge is -1.97. The molecule has 15 heavy (non-hydrogen) atoms. The molecule has 0 aliphatic carbocycles. The molecule has 2 heterocycles. The molecular formula is C10H17N3O2. The van der Waals surface area contributed by atoms with Gasteiger partial charge in [-0.05, 0) is 26.4 Å². The molecule has 0 saturated carbocycles. The standard InChI is InChI=1S/C10H17N3O2/c1-11-5-2-3-9-12-10(13-15-9)8-4-6-14-7-8/h8,11H,2-7H2,1H3. The Morgan fingerprint density at radius 3 is 3.20 bits per heavy atom. The van der Waals surface area contributed by atoms with E-state index in [2.05, 4.69) is 15.5 Å². The van der Waals surface area contributed by atoms with Gasteiger partial charge in [-0.25, -0.2) is 0 Å². The van der Waals surface area contributed by atoms with Crippen LogP contribution in [0.25, 0.3) is 0 Å². The third-order valence-electron chi connectivity index (χ3n) is 2.60. The number of hydrogen-bond acceptors (Lipinski definition) is 5. The first kappa shape index (κ1) is 10.6. The molecule has 2 rings (SSSR count). The summed E-state index contributed by atoms with van der Waals surface area (Å²) in [5, 5.41) is 7.08. The number of aromatic nitrogens is 2.